The molecular weight excluding hydrogens is 350 g/mol. The number of aromatic nitrogens is 1. The number of benzene rings is 2. The van der Waals surface area contributed by atoms with Crippen LogP contribution in [0.1, 0.15) is 42.5 Å². The number of methoxy groups -OCH3 is 1. The quantitative estimate of drug-likeness (QED) is 0.655. The summed E-state index contributed by atoms with van der Waals surface area (Å²) in [6.07, 6.45) is 7.45. The number of pyridine rings is 1. The third-order valence-electron chi connectivity index (χ3n) is 5.33. The predicted molar refractivity (Wildman–Crippen MR) is 112 cm³/mol. The second kappa shape index (κ2) is 8.30. The average molecular weight is 375 g/mol. The maximum Gasteiger partial charge on any atom is 0.253 e. The van der Waals surface area contributed by atoms with Crippen molar-refractivity contribution < 1.29 is 9.53 Å². The van der Waals surface area contributed by atoms with E-state index in [4.69, 9.17) is 4.74 Å². The van der Waals surface area contributed by atoms with Crippen LogP contribution in [0.4, 0.5) is 11.5 Å². The highest BCUT2D eigenvalue weighted by Gasteiger charge is 2.19. The molecule has 0 saturated heterocycles. The monoisotopic (exact) mass is 375 g/mol. The van der Waals surface area contributed by atoms with E-state index in [1.807, 2.05) is 48.5 Å². The lowest BCUT2D eigenvalue weighted by atomic mass is 9.95. The molecule has 1 heterocycles. The molecule has 1 aliphatic rings. The molecule has 0 atom stereocenters. The van der Waals surface area contributed by atoms with Crippen molar-refractivity contribution in [3.05, 3.63) is 60.3 Å². The summed E-state index contributed by atoms with van der Waals surface area (Å²) in [5, 5.41) is 8.37. The molecule has 1 amide bonds. The summed E-state index contributed by atoms with van der Waals surface area (Å²) in [6, 6.07) is 15.8. The highest BCUT2D eigenvalue weighted by atomic mass is 16.5. The number of nitrogens with one attached hydrogen (secondary N) is 2. The summed E-state index contributed by atoms with van der Waals surface area (Å²) >= 11 is 0. The van der Waals surface area contributed by atoms with Crippen LogP contribution in [0.15, 0.2) is 54.7 Å². The number of amides is 1. The fourth-order valence-electron chi connectivity index (χ4n) is 3.79. The number of rotatable bonds is 5. The largest absolute Gasteiger partial charge is 0.497 e. The Morgan fingerprint density at radius 2 is 1.71 bits per heavy atom. The van der Waals surface area contributed by atoms with Gasteiger partial charge in [0.05, 0.1) is 12.7 Å². The molecule has 0 bridgehead atoms. The van der Waals surface area contributed by atoms with Gasteiger partial charge in [-0.1, -0.05) is 43.5 Å². The van der Waals surface area contributed by atoms with Crippen molar-refractivity contribution in [2.45, 2.75) is 38.1 Å². The van der Waals surface area contributed by atoms with Gasteiger partial charge in [-0.25, -0.2) is 4.98 Å². The highest BCUT2D eigenvalue weighted by Crippen LogP contribution is 2.28. The first-order valence-electron chi connectivity index (χ1n) is 9.84. The summed E-state index contributed by atoms with van der Waals surface area (Å²) in [7, 11) is 1.65. The van der Waals surface area contributed by atoms with E-state index in [0.29, 0.717) is 5.56 Å². The molecule has 0 radical (unpaired) electrons. The van der Waals surface area contributed by atoms with Crippen LogP contribution in [0.2, 0.25) is 0 Å². The maximum atomic E-state index is 12.9. The molecule has 3 aromatic rings. The number of anilines is 2. The van der Waals surface area contributed by atoms with Crippen LogP contribution in [-0.2, 0) is 0 Å². The van der Waals surface area contributed by atoms with Crippen LogP contribution >= 0.6 is 0 Å². The molecule has 2 aromatic carbocycles. The van der Waals surface area contributed by atoms with E-state index in [1.165, 1.54) is 19.3 Å². The van der Waals surface area contributed by atoms with Crippen molar-refractivity contribution in [1.82, 2.24) is 10.3 Å². The van der Waals surface area contributed by atoms with E-state index in [1.54, 1.807) is 13.3 Å². The molecule has 5 heteroatoms. The van der Waals surface area contributed by atoms with Crippen molar-refractivity contribution in [3.8, 4) is 5.75 Å². The molecule has 5 nitrogen and oxygen atoms in total. The molecule has 1 fully saturated rings. The molecule has 0 unspecified atom stereocenters. The third-order valence-corrected chi connectivity index (χ3v) is 5.33. The Balaban J connectivity index is 1.61. The number of nitrogens with zero attached hydrogens (tertiary/aromatic N) is 1. The van der Waals surface area contributed by atoms with E-state index >= 15 is 0 Å². The minimum absolute atomic E-state index is 0.0356. The zero-order valence-corrected chi connectivity index (χ0v) is 16.1. The van der Waals surface area contributed by atoms with Gasteiger partial charge in [0.1, 0.15) is 11.6 Å². The first-order chi connectivity index (χ1) is 13.7. The third kappa shape index (κ3) is 3.93. The van der Waals surface area contributed by atoms with E-state index in [2.05, 4.69) is 15.6 Å². The van der Waals surface area contributed by atoms with E-state index < -0.39 is 0 Å². The lowest BCUT2D eigenvalue weighted by Crippen LogP contribution is -2.36. The smallest absolute Gasteiger partial charge is 0.253 e. The Morgan fingerprint density at radius 3 is 2.43 bits per heavy atom. The SMILES string of the molecule is COc1ccc(Nc2ncc(C(=O)NC3CCCCC3)c3ccccc23)cc1. The molecule has 28 heavy (non-hydrogen) atoms. The van der Waals surface area contributed by atoms with Crippen molar-refractivity contribution in [2.24, 2.45) is 0 Å². The Labute approximate surface area is 165 Å². The molecule has 0 spiro atoms. The Bertz CT molecular complexity index is 963. The van der Waals surface area contributed by atoms with Gasteiger partial charge in [0.2, 0.25) is 0 Å². The number of carbonyl (C=O) groups is 1. The summed E-state index contributed by atoms with van der Waals surface area (Å²) in [4.78, 5) is 17.4. The lowest BCUT2D eigenvalue weighted by Gasteiger charge is -2.23. The molecular formula is C23H25N3O2. The number of carbonyl (C=O) groups excluding carboxylic acids is 1. The van der Waals surface area contributed by atoms with Gasteiger partial charge in [-0.05, 0) is 42.5 Å². The van der Waals surface area contributed by atoms with Crippen molar-refractivity contribution in [2.75, 3.05) is 12.4 Å². The number of fused-ring (bicyclic) bond motifs is 1. The molecule has 0 aliphatic heterocycles. The van der Waals surface area contributed by atoms with Crippen LogP contribution in [0, 0.1) is 0 Å². The van der Waals surface area contributed by atoms with Gasteiger partial charge in [0.15, 0.2) is 0 Å². The van der Waals surface area contributed by atoms with Crippen LogP contribution < -0.4 is 15.4 Å². The zero-order valence-electron chi connectivity index (χ0n) is 16.1. The van der Waals surface area contributed by atoms with Gasteiger partial charge < -0.3 is 15.4 Å². The highest BCUT2D eigenvalue weighted by molar-refractivity contribution is 6.09. The Hall–Kier alpha value is -3.08. The van der Waals surface area contributed by atoms with E-state index in [-0.39, 0.29) is 11.9 Å². The van der Waals surface area contributed by atoms with Gasteiger partial charge in [0.25, 0.3) is 5.91 Å². The number of hydrogen-bond acceptors (Lipinski definition) is 4. The minimum atomic E-state index is -0.0356. The van der Waals surface area contributed by atoms with Gasteiger partial charge in [0, 0.05) is 23.3 Å². The van der Waals surface area contributed by atoms with Crippen molar-refractivity contribution in [1.29, 1.82) is 0 Å². The molecule has 144 valence electrons. The van der Waals surface area contributed by atoms with Crippen LogP contribution in [0.5, 0.6) is 5.75 Å². The number of ether oxygens (including phenoxy) is 1. The average Bonchev–Trinajstić information content (AvgIpc) is 2.75. The zero-order chi connectivity index (χ0) is 19.3. The van der Waals surface area contributed by atoms with E-state index in [0.717, 1.165) is 40.9 Å². The second-order valence-electron chi connectivity index (χ2n) is 7.23. The van der Waals surface area contributed by atoms with Crippen LogP contribution in [0.3, 0.4) is 0 Å². The first-order valence-corrected chi connectivity index (χ1v) is 9.84. The second-order valence-corrected chi connectivity index (χ2v) is 7.23. The molecule has 2 N–H and O–H groups in total. The lowest BCUT2D eigenvalue weighted by molar-refractivity contribution is 0.0929. The summed E-state index contributed by atoms with van der Waals surface area (Å²) in [6.45, 7) is 0. The van der Waals surface area contributed by atoms with Gasteiger partial charge >= 0.3 is 0 Å². The first kappa shape index (κ1) is 18.3. The van der Waals surface area contributed by atoms with Crippen LogP contribution in [-0.4, -0.2) is 24.0 Å². The summed E-state index contributed by atoms with van der Waals surface area (Å²) in [5.74, 6) is 1.50. The molecule has 1 aliphatic carbocycles. The van der Waals surface area contributed by atoms with Gasteiger partial charge in [-0.3, -0.25) is 4.79 Å². The van der Waals surface area contributed by atoms with Crippen molar-refractivity contribution in [3.63, 3.8) is 0 Å². The summed E-state index contributed by atoms with van der Waals surface area (Å²) < 4.78 is 5.21. The molecule has 1 saturated carbocycles. The summed E-state index contributed by atoms with van der Waals surface area (Å²) in [5.41, 5.74) is 1.54. The van der Waals surface area contributed by atoms with Crippen LogP contribution in [0.25, 0.3) is 10.8 Å². The fourth-order valence-corrected chi connectivity index (χ4v) is 3.79. The Kier molecular flexibility index (Phi) is 5.42. The minimum Gasteiger partial charge on any atom is -0.497 e. The Morgan fingerprint density at radius 1 is 1.00 bits per heavy atom. The fraction of sp³-hybridized carbons (Fsp3) is 0.304. The standard InChI is InChI=1S/C23H25N3O2/c1-28-18-13-11-17(12-14-18)25-22-20-10-6-5-9-19(20)21(15-24-22)23(27)26-16-7-3-2-4-8-16/h5-6,9-16H,2-4,7-8H2,1H3,(H,24,25)(H,26,27). The number of hydrogen-bond donors (Lipinski definition) is 2. The predicted octanol–water partition coefficient (Wildman–Crippen LogP) is 5.05. The van der Waals surface area contributed by atoms with Gasteiger partial charge in [-0.15, -0.1) is 0 Å². The van der Waals surface area contributed by atoms with Crippen molar-refractivity contribution >= 4 is 28.2 Å². The molecule has 1 aromatic heterocycles. The topological polar surface area (TPSA) is 63.2 Å². The molecule has 4 rings (SSSR count). The maximum absolute atomic E-state index is 12.9. The normalized spacial score (nSPS) is 14.6. The van der Waals surface area contributed by atoms with Gasteiger partial charge in [-0.2, -0.15) is 0 Å². The van der Waals surface area contributed by atoms with E-state index in [9.17, 15) is 4.79 Å².